The van der Waals surface area contributed by atoms with Crippen LogP contribution in [0.2, 0.25) is 0 Å². The van der Waals surface area contributed by atoms with Gasteiger partial charge in [0.25, 0.3) is 0 Å². The van der Waals surface area contributed by atoms with Crippen LogP contribution in [0.1, 0.15) is 0 Å². The number of ether oxygens (including phenoxy) is 1. The molecule has 1 amide bonds. The Balaban J connectivity index is 2.98. The Morgan fingerprint density at radius 3 is 2.35 bits per heavy atom. The molecule has 6 heteroatoms. The average molecular weight is 233 g/mol. The lowest BCUT2D eigenvalue weighted by molar-refractivity contribution is -0.139. The molecule has 0 N–H and O–H groups in total. The Kier molecular flexibility index (Phi) is 4.14. The van der Waals surface area contributed by atoms with Crippen LogP contribution in [0.4, 0.5) is 5.69 Å². The second-order valence-electron chi connectivity index (χ2n) is 3.14. The van der Waals surface area contributed by atoms with Crippen molar-refractivity contribution in [3.63, 3.8) is 0 Å². The Bertz CT molecular complexity index is 478. The Hall–Kier alpha value is -2.46. The summed E-state index contributed by atoms with van der Waals surface area (Å²) in [6.07, 6.45) is 0. The van der Waals surface area contributed by atoms with Crippen LogP contribution in [-0.2, 0) is 14.3 Å². The second-order valence-corrected chi connectivity index (χ2v) is 3.14. The second kappa shape index (κ2) is 5.58. The molecule has 0 heterocycles. The van der Waals surface area contributed by atoms with Gasteiger partial charge < -0.3 is 15.2 Å². The normalized spacial score (nSPS) is 9.06. The van der Waals surface area contributed by atoms with Gasteiger partial charge in [0.2, 0.25) is 0 Å². The predicted octanol–water partition coefficient (Wildman–Crippen LogP) is 0.493. The van der Waals surface area contributed by atoms with E-state index in [-0.39, 0.29) is 0 Å². The highest BCUT2D eigenvalue weighted by molar-refractivity contribution is 6.64. The van der Waals surface area contributed by atoms with E-state index in [2.05, 4.69) is 9.53 Å². The minimum Gasteiger partial charge on any atom is -0.460 e. The quantitative estimate of drug-likeness (QED) is 0.250. The number of methoxy groups -OCH3 is 1. The molecule has 0 fully saturated rings. The van der Waals surface area contributed by atoms with Crippen molar-refractivity contribution in [2.24, 2.45) is 0 Å². The molecule has 0 atom stereocenters. The molecule has 1 aromatic rings. The van der Waals surface area contributed by atoms with Crippen molar-refractivity contribution in [1.29, 1.82) is 0 Å². The summed E-state index contributed by atoms with van der Waals surface area (Å²) in [5, 5.41) is 0. The van der Waals surface area contributed by atoms with E-state index in [9.17, 15) is 9.59 Å². The Morgan fingerprint density at radius 1 is 1.29 bits per heavy atom. The minimum atomic E-state index is -0.986. The number of nitrogens with zero attached hydrogens (tertiary/aromatic N) is 3. The first-order valence-electron chi connectivity index (χ1n) is 4.75. The van der Waals surface area contributed by atoms with Gasteiger partial charge in [0.1, 0.15) is 0 Å². The maximum atomic E-state index is 11.8. The minimum absolute atomic E-state index is 0.572. The van der Waals surface area contributed by atoms with Crippen molar-refractivity contribution < 1.29 is 19.1 Å². The van der Waals surface area contributed by atoms with Crippen LogP contribution >= 0.6 is 0 Å². The smallest absolute Gasteiger partial charge is 0.460 e. The van der Waals surface area contributed by atoms with Crippen molar-refractivity contribution >= 4 is 23.3 Å². The number of carbonyl (C=O) groups excluding carboxylic acids is 2. The summed E-state index contributed by atoms with van der Waals surface area (Å²) >= 11 is 0. The predicted molar refractivity (Wildman–Crippen MR) is 60.5 cm³/mol. The van der Waals surface area contributed by atoms with Gasteiger partial charge in [0, 0.05) is 12.7 Å². The molecule has 0 aliphatic carbocycles. The fourth-order valence-electron chi connectivity index (χ4n) is 1.20. The van der Waals surface area contributed by atoms with Crippen LogP contribution in [0.15, 0.2) is 30.3 Å². The van der Waals surface area contributed by atoms with Gasteiger partial charge in [-0.25, -0.2) is 4.79 Å². The number of carbonyl (C=O) groups is 2. The third-order valence-corrected chi connectivity index (χ3v) is 2.13. The molecule has 0 spiro atoms. The van der Waals surface area contributed by atoms with Crippen molar-refractivity contribution in [2.75, 3.05) is 19.1 Å². The van der Waals surface area contributed by atoms with Crippen LogP contribution in [0, 0.1) is 0 Å². The van der Waals surface area contributed by atoms with Crippen molar-refractivity contribution in [2.45, 2.75) is 0 Å². The first kappa shape index (κ1) is 12.6. The van der Waals surface area contributed by atoms with Gasteiger partial charge in [-0.2, -0.15) is 4.79 Å². The van der Waals surface area contributed by atoms with Crippen molar-refractivity contribution in [1.82, 2.24) is 0 Å². The van der Waals surface area contributed by atoms with Crippen LogP contribution in [-0.4, -0.2) is 36.5 Å². The first-order valence-corrected chi connectivity index (χ1v) is 4.75. The molecule has 0 saturated carbocycles. The Morgan fingerprint density at radius 2 is 1.88 bits per heavy atom. The summed E-state index contributed by atoms with van der Waals surface area (Å²) in [4.78, 5) is 26.8. The number of amides is 1. The zero-order chi connectivity index (χ0) is 12.8. The zero-order valence-electron chi connectivity index (χ0n) is 9.45. The Labute approximate surface area is 98.0 Å². The number of para-hydroxylation sites is 1. The largest absolute Gasteiger partial charge is 0.463 e. The summed E-state index contributed by atoms with van der Waals surface area (Å²) in [6.45, 7) is 0. The van der Waals surface area contributed by atoms with E-state index in [0.717, 1.165) is 7.11 Å². The van der Waals surface area contributed by atoms with Gasteiger partial charge in [-0.15, -0.1) is 0 Å². The highest BCUT2D eigenvalue weighted by Gasteiger charge is 2.33. The molecule has 0 bridgehead atoms. The maximum absolute atomic E-state index is 11.8. The summed E-state index contributed by atoms with van der Waals surface area (Å²) in [7, 11) is 2.56. The topological polar surface area (TPSA) is 83.0 Å². The third-order valence-electron chi connectivity index (χ3n) is 2.13. The van der Waals surface area contributed by atoms with E-state index in [0.29, 0.717) is 5.69 Å². The first-order chi connectivity index (χ1) is 8.11. The van der Waals surface area contributed by atoms with Crippen LogP contribution in [0.25, 0.3) is 5.53 Å². The summed E-state index contributed by atoms with van der Waals surface area (Å²) < 4.78 is 4.33. The van der Waals surface area contributed by atoms with E-state index in [4.69, 9.17) is 5.53 Å². The molecule has 0 radical (unpaired) electrons. The van der Waals surface area contributed by atoms with Gasteiger partial charge in [-0.3, -0.25) is 4.79 Å². The highest BCUT2D eigenvalue weighted by atomic mass is 16.5. The lowest BCUT2D eigenvalue weighted by Crippen LogP contribution is -2.38. The van der Waals surface area contributed by atoms with E-state index in [1.165, 1.54) is 11.9 Å². The summed E-state index contributed by atoms with van der Waals surface area (Å²) in [6, 6.07) is 8.65. The van der Waals surface area contributed by atoms with Gasteiger partial charge in [0.05, 0.1) is 7.11 Å². The number of benzene rings is 1. The molecule has 0 unspecified atom stereocenters. The van der Waals surface area contributed by atoms with Crippen molar-refractivity contribution in [3.8, 4) is 0 Å². The van der Waals surface area contributed by atoms with E-state index < -0.39 is 17.6 Å². The molecule has 1 aromatic carbocycles. The molecule has 0 saturated heterocycles. The van der Waals surface area contributed by atoms with Crippen LogP contribution in [0.5, 0.6) is 0 Å². The lowest BCUT2D eigenvalue weighted by atomic mass is 10.2. The van der Waals surface area contributed by atoms with E-state index in [1.807, 2.05) is 0 Å². The van der Waals surface area contributed by atoms with E-state index >= 15 is 0 Å². The fraction of sp³-hybridized carbons (Fsp3) is 0.182. The SMILES string of the molecule is COC(=O)C(=[N+]=[N-])C(=O)N(C)c1ccccc1. The third kappa shape index (κ3) is 2.76. The van der Waals surface area contributed by atoms with Crippen molar-refractivity contribution in [3.05, 3.63) is 35.9 Å². The molecule has 0 aliphatic heterocycles. The average Bonchev–Trinajstić information content (AvgIpc) is 2.39. The number of esters is 1. The maximum Gasteiger partial charge on any atom is 0.463 e. The van der Waals surface area contributed by atoms with Gasteiger partial charge in [0.15, 0.2) is 0 Å². The number of hydrogen-bond acceptors (Lipinski definition) is 3. The standard InChI is InChI=1S/C11H11N3O3/c1-14(8-6-4-3-5-7-8)10(15)9(13-12)11(16)17-2/h3-7H,1-2H3. The fourth-order valence-corrected chi connectivity index (χ4v) is 1.20. The highest BCUT2D eigenvalue weighted by Crippen LogP contribution is 2.11. The number of rotatable bonds is 3. The summed E-state index contributed by atoms with van der Waals surface area (Å²) in [5.74, 6) is -1.73. The van der Waals surface area contributed by atoms with E-state index in [1.54, 1.807) is 30.3 Å². The molecule has 1 rings (SSSR count). The summed E-state index contributed by atoms with van der Waals surface area (Å²) in [5.41, 5.74) is 8.54. The lowest BCUT2D eigenvalue weighted by Gasteiger charge is -2.13. The van der Waals surface area contributed by atoms with Gasteiger partial charge in [-0.05, 0) is 12.1 Å². The monoisotopic (exact) mass is 233 g/mol. The molecule has 17 heavy (non-hydrogen) atoms. The van der Waals surface area contributed by atoms with Crippen LogP contribution in [0.3, 0.4) is 0 Å². The van der Waals surface area contributed by atoms with Gasteiger partial charge >= 0.3 is 17.6 Å². The molecular weight excluding hydrogens is 222 g/mol. The number of hydrogen-bond donors (Lipinski definition) is 0. The van der Waals surface area contributed by atoms with Gasteiger partial charge in [-0.1, -0.05) is 18.2 Å². The number of anilines is 1. The molecule has 0 aromatic heterocycles. The molecule has 88 valence electrons. The molecule has 0 aliphatic rings. The van der Waals surface area contributed by atoms with Crippen LogP contribution < -0.4 is 4.90 Å². The molecular formula is C11H11N3O3. The zero-order valence-corrected chi connectivity index (χ0v) is 9.45. The molecule has 6 nitrogen and oxygen atoms in total.